The summed E-state index contributed by atoms with van der Waals surface area (Å²) in [6.07, 6.45) is 0. The van der Waals surface area contributed by atoms with E-state index in [0.717, 1.165) is 6.07 Å². The maximum Gasteiger partial charge on any atom is 0.243 e. The molecule has 1 aromatic rings. The Kier molecular flexibility index (Phi) is 6.53. The minimum absolute atomic E-state index is 0.0375. The smallest absolute Gasteiger partial charge is 0.243 e. The highest BCUT2D eigenvalue weighted by Crippen LogP contribution is 2.18. The Balaban J connectivity index is 1.90. The Labute approximate surface area is 149 Å². The van der Waals surface area contributed by atoms with Crippen molar-refractivity contribution in [2.45, 2.75) is 31.7 Å². The van der Waals surface area contributed by atoms with Gasteiger partial charge in [-0.05, 0) is 31.0 Å². The van der Waals surface area contributed by atoms with Gasteiger partial charge in [-0.1, -0.05) is 19.9 Å². The first-order valence-corrected chi connectivity index (χ1v) is 9.91. The number of nitrogens with one attached hydrogen (secondary N) is 1. The molecule has 0 spiro atoms. The van der Waals surface area contributed by atoms with Crippen LogP contribution in [0.4, 0.5) is 4.39 Å². The second-order valence-electron chi connectivity index (χ2n) is 6.74. The topological polar surface area (TPSA) is 69.7 Å². The molecular weight excluding hydrogens is 345 g/mol. The van der Waals surface area contributed by atoms with Crippen molar-refractivity contribution < 1.29 is 17.6 Å². The number of rotatable bonds is 6. The van der Waals surface area contributed by atoms with Gasteiger partial charge in [-0.2, -0.15) is 4.31 Å². The van der Waals surface area contributed by atoms with E-state index in [-0.39, 0.29) is 36.5 Å². The van der Waals surface area contributed by atoms with E-state index in [1.165, 1.54) is 22.5 Å². The van der Waals surface area contributed by atoms with Gasteiger partial charge >= 0.3 is 0 Å². The average molecular weight is 371 g/mol. The number of sulfonamides is 1. The number of nitrogens with zero attached hydrogens (tertiary/aromatic N) is 2. The minimum Gasteiger partial charge on any atom is -0.352 e. The first kappa shape index (κ1) is 19.8. The van der Waals surface area contributed by atoms with Crippen LogP contribution in [0.5, 0.6) is 0 Å². The monoisotopic (exact) mass is 371 g/mol. The summed E-state index contributed by atoms with van der Waals surface area (Å²) < 4.78 is 39.7. The molecule has 1 aromatic carbocycles. The van der Waals surface area contributed by atoms with Crippen molar-refractivity contribution in [1.82, 2.24) is 14.5 Å². The summed E-state index contributed by atoms with van der Waals surface area (Å²) in [5.74, 6) is -0.268. The molecule has 1 amide bonds. The van der Waals surface area contributed by atoms with Crippen LogP contribution < -0.4 is 5.32 Å². The fourth-order valence-corrected chi connectivity index (χ4v) is 4.03. The number of hydrogen-bond acceptors (Lipinski definition) is 4. The van der Waals surface area contributed by atoms with E-state index >= 15 is 0 Å². The molecule has 1 aliphatic heterocycles. The normalized spacial score (nSPS) is 18.3. The summed E-state index contributed by atoms with van der Waals surface area (Å²) in [6.45, 7) is 7.81. The molecule has 1 fully saturated rings. The van der Waals surface area contributed by atoms with E-state index in [2.05, 4.69) is 5.32 Å². The van der Waals surface area contributed by atoms with Gasteiger partial charge in [0.05, 0.1) is 11.4 Å². The standard InChI is InChI=1S/C17H26FN3O3S/c1-13(2)14(3)19-17(22)12-20-7-9-21(10-8-20)25(23,24)16-6-4-5-15(18)11-16/h4-6,11,13-14H,7-10,12H2,1-3H3,(H,19,22)/t14-/m1/s1. The summed E-state index contributed by atoms with van der Waals surface area (Å²) >= 11 is 0. The van der Waals surface area contributed by atoms with Crippen molar-refractivity contribution in [3.8, 4) is 0 Å². The van der Waals surface area contributed by atoms with Crippen LogP contribution in [0, 0.1) is 11.7 Å². The number of hydrogen-bond donors (Lipinski definition) is 1. The largest absolute Gasteiger partial charge is 0.352 e. The Morgan fingerprint density at radius 3 is 2.40 bits per heavy atom. The number of piperazine rings is 1. The fourth-order valence-electron chi connectivity index (χ4n) is 2.57. The van der Waals surface area contributed by atoms with Gasteiger partial charge in [0, 0.05) is 32.2 Å². The first-order chi connectivity index (χ1) is 11.7. The fraction of sp³-hybridized carbons (Fsp3) is 0.588. The molecule has 2 rings (SSSR count). The molecule has 140 valence electrons. The van der Waals surface area contributed by atoms with Crippen molar-refractivity contribution in [1.29, 1.82) is 0 Å². The molecule has 1 atom stereocenters. The SMILES string of the molecule is CC(C)[C@@H](C)NC(=O)CN1CCN(S(=O)(=O)c2cccc(F)c2)CC1. The zero-order valence-electron chi connectivity index (χ0n) is 14.9. The third-order valence-electron chi connectivity index (χ3n) is 4.52. The zero-order valence-corrected chi connectivity index (χ0v) is 15.7. The van der Waals surface area contributed by atoms with Gasteiger partial charge in [-0.15, -0.1) is 0 Å². The summed E-state index contributed by atoms with van der Waals surface area (Å²) in [4.78, 5) is 13.9. The molecule has 0 aromatic heterocycles. The van der Waals surface area contributed by atoms with Crippen molar-refractivity contribution in [3.05, 3.63) is 30.1 Å². The second kappa shape index (κ2) is 8.25. The molecular formula is C17H26FN3O3S. The van der Waals surface area contributed by atoms with E-state index in [9.17, 15) is 17.6 Å². The number of benzene rings is 1. The maximum absolute atomic E-state index is 13.3. The zero-order chi connectivity index (χ0) is 18.6. The number of carbonyl (C=O) groups is 1. The molecule has 1 heterocycles. The highest BCUT2D eigenvalue weighted by molar-refractivity contribution is 7.89. The molecule has 1 saturated heterocycles. The predicted octanol–water partition coefficient (Wildman–Crippen LogP) is 1.29. The van der Waals surface area contributed by atoms with Crippen LogP contribution in [0.3, 0.4) is 0 Å². The lowest BCUT2D eigenvalue weighted by Gasteiger charge is -2.33. The molecule has 0 unspecified atom stereocenters. The number of halogens is 1. The highest BCUT2D eigenvalue weighted by Gasteiger charge is 2.29. The van der Waals surface area contributed by atoms with Crippen molar-refractivity contribution in [2.24, 2.45) is 5.92 Å². The second-order valence-corrected chi connectivity index (χ2v) is 8.68. The number of amides is 1. The van der Waals surface area contributed by atoms with Crippen molar-refractivity contribution in [2.75, 3.05) is 32.7 Å². The molecule has 6 nitrogen and oxygen atoms in total. The Hall–Kier alpha value is -1.51. The van der Waals surface area contributed by atoms with E-state index in [1.54, 1.807) is 0 Å². The van der Waals surface area contributed by atoms with Gasteiger partial charge in [0.1, 0.15) is 5.82 Å². The number of carbonyl (C=O) groups excluding carboxylic acids is 1. The predicted molar refractivity (Wildman–Crippen MR) is 94.0 cm³/mol. The molecule has 1 N–H and O–H groups in total. The lowest BCUT2D eigenvalue weighted by atomic mass is 10.1. The first-order valence-electron chi connectivity index (χ1n) is 8.47. The van der Waals surface area contributed by atoms with Gasteiger partial charge in [0.15, 0.2) is 0 Å². The summed E-state index contributed by atoms with van der Waals surface area (Å²) in [5.41, 5.74) is 0. The third kappa shape index (κ3) is 5.23. The van der Waals surface area contributed by atoms with Crippen LogP contribution >= 0.6 is 0 Å². The van der Waals surface area contributed by atoms with E-state index < -0.39 is 15.8 Å². The van der Waals surface area contributed by atoms with Crippen LogP contribution in [0.1, 0.15) is 20.8 Å². The lowest BCUT2D eigenvalue weighted by Crippen LogP contribution is -2.51. The molecule has 0 saturated carbocycles. The summed E-state index contributed by atoms with van der Waals surface area (Å²) in [5, 5.41) is 2.95. The van der Waals surface area contributed by atoms with Crippen LogP contribution in [0.25, 0.3) is 0 Å². The highest BCUT2D eigenvalue weighted by atomic mass is 32.2. The van der Waals surface area contributed by atoms with E-state index in [1.807, 2.05) is 25.7 Å². The van der Waals surface area contributed by atoms with E-state index in [0.29, 0.717) is 19.0 Å². The molecule has 0 bridgehead atoms. The summed E-state index contributed by atoms with van der Waals surface area (Å²) in [6, 6.07) is 5.13. The van der Waals surface area contributed by atoms with Gasteiger partial charge in [-0.25, -0.2) is 12.8 Å². The van der Waals surface area contributed by atoms with Crippen molar-refractivity contribution in [3.63, 3.8) is 0 Å². The van der Waals surface area contributed by atoms with Crippen LogP contribution in [0.2, 0.25) is 0 Å². The van der Waals surface area contributed by atoms with Crippen LogP contribution in [-0.4, -0.2) is 62.3 Å². The van der Waals surface area contributed by atoms with Gasteiger partial charge < -0.3 is 5.32 Å². The molecule has 1 aliphatic rings. The van der Waals surface area contributed by atoms with Gasteiger partial charge in [0.25, 0.3) is 0 Å². The molecule has 25 heavy (non-hydrogen) atoms. The van der Waals surface area contributed by atoms with Crippen LogP contribution in [0.15, 0.2) is 29.2 Å². The van der Waals surface area contributed by atoms with Gasteiger partial charge in [0.2, 0.25) is 15.9 Å². The maximum atomic E-state index is 13.3. The third-order valence-corrected chi connectivity index (χ3v) is 6.42. The molecule has 0 radical (unpaired) electrons. The van der Waals surface area contributed by atoms with Crippen LogP contribution in [-0.2, 0) is 14.8 Å². The molecule has 0 aliphatic carbocycles. The molecule has 8 heteroatoms. The lowest BCUT2D eigenvalue weighted by molar-refractivity contribution is -0.123. The van der Waals surface area contributed by atoms with Gasteiger partial charge in [-0.3, -0.25) is 9.69 Å². The quantitative estimate of drug-likeness (QED) is 0.818. The summed E-state index contributed by atoms with van der Waals surface area (Å²) in [7, 11) is -3.70. The Bertz CT molecular complexity index is 701. The average Bonchev–Trinajstić information content (AvgIpc) is 2.55. The Morgan fingerprint density at radius 1 is 1.20 bits per heavy atom. The van der Waals surface area contributed by atoms with Crippen molar-refractivity contribution >= 4 is 15.9 Å². The Morgan fingerprint density at radius 2 is 1.84 bits per heavy atom. The minimum atomic E-state index is -3.70. The van der Waals surface area contributed by atoms with E-state index in [4.69, 9.17) is 0 Å².